The summed E-state index contributed by atoms with van der Waals surface area (Å²) >= 11 is 4.75. The molecule has 3 N–H and O–H groups in total. The Balaban J connectivity index is 3.01. The zero-order chi connectivity index (χ0) is 5.98. The molecule has 0 aromatic carbocycles. The van der Waals surface area contributed by atoms with Crippen molar-refractivity contribution in [2.24, 2.45) is 0 Å². The van der Waals surface area contributed by atoms with Gasteiger partial charge in [0, 0.05) is 13.2 Å². The maximum Gasteiger partial charge on any atom is 0.176 e. The van der Waals surface area contributed by atoms with Crippen molar-refractivity contribution in [2.45, 2.75) is 0 Å². The fourth-order valence-electron chi connectivity index (χ4n) is 0.467. The number of rotatable bonds is 1. The smallest absolute Gasteiger partial charge is 0.176 e. The number of hydrogen-bond acceptors (Lipinski definition) is 2. The number of nitrogens with one attached hydrogen (secondary N) is 3. The summed E-state index contributed by atoms with van der Waals surface area (Å²) < 4.78 is 0.648. The van der Waals surface area contributed by atoms with Crippen molar-refractivity contribution in [3.8, 4) is 0 Å². The Labute approximate surface area is 52.1 Å². The molecule has 0 aliphatic rings. The third-order valence-electron chi connectivity index (χ3n) is 0.865. The van der Waals surface area contributed by atoms with Gasteiger partial charge in [-0.05, 0) is 12.2 Å². The molecule has 0 radical (unpaired) electrons. The first-order chi connectivity index (χ1) is 3.83. The van der Waals surface area contributed by atoms with Crippen molar-refractivity contribution in [3.05, 3.63) is 11.0 Å². The highest BCUT2D eigenvalue weighted by atomic mass is 32.1. The van der Waals surface area contributed by atoms with Crippen LogP contribution < -0.4 is 5.32 Å². The fourth-order valence-corrected chi connectivity index (χ4v) is 0.636. The van der Waals surface area contributed by atoms with Gasteiger partial charge in [-0.2, -0.15) is 0 Å². The lowest BCUT2D eigenvalue weighted by molar-refractivity contribution is 1.26. The standard InChI is InChI=1S/C4H7N3S/c1-5-3-2-6-4(8)7-3/h2,5H,1H3,(H2,6,7,8). The molecule has 0 amide bonds. The Morgan fingerprint density at radius 2 is 2.50 bits per heavy atom. The van der Waals surface area contributed by atoms with Gasteiger partial charge in [-0.25, -0.2) is 0 Å². The van der Waals surface area contributed by atoms with E-state index < -0.39 is 0 Å². The normalized spacial score (nSPS) is 9.12. The molecule has 8 heavy (non-hydrogen) atoms. The quantitative estimate of drug-likeness (QED) is 0.497. The summed E-state index contributed by atoms with van der Waals surface area (Å²) in [5, 5.41) is 2.89. The highest BCUT2D eigenvalue weighted by Gasteiger charge is 1.83. The van der Waals surface area contributed by atoms with E-state index in [1.807, 2.05) is 7.05 Å². The molecule has 3 nitrogen and oxygen atoms in total. The number of anilines is 1. The molecule has 0 spiro atoms. The Bertz CT molecular complexity index is 211. The van der Waals surface area contributed by atoms with E-state index in [1.54, 1.807) is 6.20 Å². The molecule has 0 aliphatic heterocycles. The second kappa shape index (κ2) is 2.00. The first-order valence-corrected chi connectivity index (χ1v) is 2.69. The minimum atomic E-state index is 0.648. The van der Waals surface area contributed by atoms with Gasteiger partial charge in [0.1, 0.15) is 5.82 Å². The Morgan fingerprint density at radius 3 is 2.75 bits per heavy atom. The van der Waals surface area contributed by atoms with E-state index >= 15 is 0 Å². The highest BCUT2D eigenvalue weighted by Crippen LogP contribution is 1.95. The van der Waals surface area contributed by atoms with E-state index in [1.165, 1.54) is 0 Å². The summed E-state index contributed by atoms with van der Waals surface area (Å²) in [7, 11) is 1.83. The van der Waals surface area contributed by atoms with Crippen molar-refractivity contribution < 1.29 is 0 Å². The van der Waals surface area contributed by atoms with Crippen LogP contribution in [0, 0.1) is 4.77 Å². The van der Waals surface area contributed by atoms with Crippen molar-refractivity contribution >= 4 is 18.0 Å². The number of aromatic nitrogens is 2. The van der Waals surface area contributed by atoms with Gasteiger partial charge in [-0.15, -0.1) is 0 Å². The van der Waals surface area contributed by atoms with Crippen LogP contribution in [0.15, 0.2) is 6.20 Å². The molecule has 0 bridgehead atoms. The molecular formula is C4H7N3S. The Morgan fingerprint density at radius 1 is 1.75 bits per heavy atom. The zero-order valence-electron chi connectivity index (χ0n) is 4.49. The van der Waals surface area contributed by atoms with Crippen LogP contribution in [-0.4, -0.2) is 17.0 Å². The largest absolute Gasteiger partial charge is 0.373 e. The fraction of sp³-hybridized carbons (Fsp3) is 0.250. The number of H-pyrrole nitrogens is 2. The number of aromatic amines is 2. The van der Waals surface area contributed by atoms with Gasteiger partial charge >= 0.3 is 0 Å². The van der Waals surface area contributed by atoms with Crippen LogP contribution >= 0.6 is 12.2 Å². The van der Waals surface area contributed by atoms with Gasteiger partial charge in [-0.1, -0.05) is 0 Å². The van der Waals surface area contributed by atoms with Gasteiger partial charge in [-0.3, -0.25) is 0 Å². The van der Waals surface area contributed by atoms with Crippen LogP contribution in [0.1, 0.15) is 0 Å². The second-order valence-corrected chi connectivity index (χ2v) is 1.81. The molecular weight excluding hydrogens is 122 g/mol. The summed E-state index contributed by atoms with van der Waals surface area (Å²) in [5.74, 6) is 0.912. The minimum Gasteiger partial charge on any atom is -0.373 e. The molecule has 1 heterocycles. The number of imidazole rings is 1. The summed E-state index contributed by atoms with van der Waals surface area (Å²) in [5.41, 5.74) is 0. The molecule has 1 aromatic rings. The van der Waals surface area contributed by atoms with Gasteiger partial charge in [0.15, 0.2) is 4.77 Å². The lowest BCUT2D eigenvalue weighted by atomic mass is 10.8. The van der Waals surface area contributed by atoms with E-state index in [0.717, 1.165) is 5.82 Å². The molecule has 44 valence electrons. The Hall–Kier alpha value is -0.770. The summed E-state index contributed by atoms with van der Waals surface area (Å²) in [6.07, 6.45) is 1.78. The predicted molar refractivity (Wildman–Crippen MR) is 35.5 cm³/mol. The van der Waals surface area contributed by atoms with E-state index in [9.17, 15) is 0 Å². The molecule has 1 rings (SSSR count). The predicted octanol–water partition coefficient (Wildman–Crippen LogP) is 1.11. The van der Waals surface area contributed by atoms with Crippen LogP contribution in [0.25, 0.3) is 0 Å². The molecule has 4 heteroatoms. The van der Waals surface area contributed by atoms with E-state index in [4.69, 9.17) is 12.2 Å². The maximum atomic E-state index is 4.75. The Kier molecular flexibility index (Phi) is 1.34. The van der Waals surface area contributed by atoms with Crippen molar-refractivity contribution in [2.75, 3.05) is 12.4 Å². The van der Waals surface area contributed by atoms with Crippen LogP contribution in [-0.2, 0) is 0 Å². The first-order valence-electron chi connectivity index (χ1n) is 2.28. The minimum absolute atomic E-state index is 0.648. The maximum absolute atomic E-state index is 4.75. The molecule has 0 atom stereocenters. The first kappa shape index (κ1) is 5.37. The van der Waals surface area contributed by atoms with Crippen LogP contribution in [0.2, 0.25) is 0 Å². The van der Waals surface area contributed by atoms with Crippen LogP contribution in [0.5, 0.6) is 0 Å². The van der Waals surface area contributed by atoms with E-state index in [2.05, 4.69) is 15.3 Å². The van der Waals surface area contributed by atoms with Gasteiger partial charge in [0.25, 0.3) is 0 Å². The van der Waals surface area contributed by atoms with Crippen LogP contribution in [0.4, 0.5) is 5.82 Å². The lowest BCUT2D eigenvalue weighted by Crippen LogP contribution is -1.85. The molecule has 0 aliphatic carbocycles. The topological polar surface area (TPSA) is 43.6 Å². The van der Waals surface area contributed by atoms with Gasteiger partial charge in [0.05, 0.1) is 0 Å². The molecule has 0 saturated heterocycles. The lowest BCUT2D eigenvalue weighted by Gasteiger charge is -1.86. The van der Waals surface area contributed by atoms with E-state index in [-0.39, 0.29) is 0 Å². The average Bonchev–Trinajstić information content (AvgIpc) is 2.14. The van der Waals surface area contributed by atoms with Crippen molar-refractivity contribution in [1.82, 2.24) is 9.97 Å². The summed E-state index contributed by atoms with van der Waals surface area (Å²) in [6.45, 7) is 0. The molecule has 1 aromatic heterocycles. The third-order valence-corrected chi connectivity index (χ3v) is 1.09. The summed E-state index contributed by atoms with van der Waals surface area (Å²) in [6, 6.07) is 0. The highest BCUT2D eigenvalue weighted by molar-refractivity contribution is 7.71. The second-order valence-electron chi connectivity index (χ2n) is 1.41. The van der Waals surface area contributed by atoms with Crippen LogP contribution in [0.3, 0.4) is 0 Å². The van der Waals surface area contributed by atoms with E-state index in [0.29, 0.717) is 4.77 Å². The van der Waals surface area contributed by atoms with Gasteiger partial charge in [0.2, 0.25) is 0 Å². The average molecular weight is 129 g/mol. The summed E-state index contributed by atoms with van der Waals surface area (Å²) in [4.78, 5) is 5.69. The SMILES string of the molecule is CNc1c[nH]c(=S)[nH]1. The molecule has 0 unspecified atom stereocenters. The zero-order valence-corrected chi connectivity index (χ0v) is 5.30. The van der Waals surface area contributed by atoms with Crippen molar-refractivity contribution in [3.63, 3.8) is 0 Å². The van der Waals surface area contributed by atoms with Crippen molar-refractivity contribution in [1.29, 1.82) is 0 Å². The third kappa shape index (κ3) is 0.894. The van der Waals surface area contributed by atoms with Gasteiger partial charge < -0.3 is 15.3 Å². The molecule has 0 saturated carbocycles. The number of hydrogen-bond donors (Lipinski definition) is 3. The monoisotopic (exact) mass is 129 g/mol. The molecule has 0 fully saturated rings.